The summed E-state index contributed by atoms with van der Waals surface area (Å²) >= 11 is 0. The number of hydrogen-bond acceptors (Lipinski definition) is 5. The zero-order chi connectivity index (χ0) is 19.6. The predicted octanol–water partition coefficient (Wildman–Crippen LogP) is 3.54. The second-order valence-electron chi connectivity index (χ2n) is 6.48. The van der Waals surface area contributed by atoms with Crippen LogP contribution in [0.4, 0.5) is 0 Å². The van der Waals surface area contributed by atoms with Crippen LogP contribution in [0.5, 0.6) is 0 Å². The van der Waals surface area contributed by atoms with E-state index in [4.69, 9.17) is 4.74 Å². The summed E-state index contributed by atoms with van der Waals surface area (Å²) in [4.78, 5) is 32.2. The van der Waals surface area contributed by atoms with Crippen LogP contribution in [0.2, 0.25) is 0 Å². The van der Waals surface area contributed by atoms with E-state index in [1.54, 1.807) is 0 Å². The van der Waals surface area contributed by atoms with Crippen molar-refractivity contribution in [1.82, 2.24) is 14.5 Å². The molecule has 0 aliphatic rings. The lowest BCUT2D eigenvalue weighted by Crippen LogP contribution is -2.16. The summed E-state index contributed by atoms with van der Waals surface area (Å²) in [6.07, 6.45) is 4.16. The molecule has 6 nitrogen and oxygen atoms in total. The lowest BCUT2D eigenvalue weighted by Gasteiger charge is -2.12. The third-order valence-corrected chi connectivity index (χ3v) is 4.59. The average Bonchev–Trinajstić information content (AvgIpc) is 2.97. The molecule has 0 aliphatic carbocycles. The minimum atomic E-state index is -0.667. The lowest BCUT2D eigenvalue weighted by molar-refractivity contribution is 0.0468. The van der Waals surface area contributed by atoms with E-state index in [1.807, 2.05) is 30.5 Å². The summed E-state index contributed by atoms with van der Waals surface area (Å²) in [6, 6.07) is 8.01. The van der Waals surface area contributed by atoms with Crippen molar-refractivity contribution in [2.24, 2.45) is 0 Å². The molecular weight excluding hydrogens is 342 g/mol. The SMILES string of the molecule is Cc1ccc(-n2c(C)cc(C(=O)COC(=O)c3cnccn3)c2C)cc1C. The van der Waals surface area contributed by atoms with Gasteiger partial charge in [0.1, 0.15) is 0 Å². The number of esters is 1. The number of carbonyl (C=O) groups excluding carboxylic acids is 2. The van der Waals surface area contributed by atoms with E-state index in [2.05, 4.69) is 35.9 Å². The van der Waals surface area contributed by atoms with Crippen molar-refractivity contribution in [3.8, 4) is 5.69 Å². The molecule has 0 N–H and O–H groups in total. The maximum absolute atomic E-state index is 12.6. The minimum Gasteiger partial charge on any atom is -0.453 e. The highest BCUT2D eigenvalue weighted by Crippen LogP contribution is 2.23. The first-order chi connectivity index (χ1) is 12.9. The van der Waals surface area contributed by atoms with Gasteiger partial charge in [0.2, 0.25) is 5.78 Å². The second-order valence-corrected chi connectivity index (χ2v) is 6.48. The fraction of sp³-hybridized carbons (Fsp3) is 0.238. The molecule has 27 heavy (non-hydrogen) atoms. The Bertz CT molecular complexity index is 1010. The Morgan fingerprint density at radius 3 is 2.48 bits per heavy atom. The average molecular weight is 363 g/mol. The van der Waals surface area contributed by atoms with Gasteiger partial charge in [-0.05, 0) is 57.0 Å². The van der Waals surface area contributed by atoms with Crippen molar-refractivity contribution in [3.05, 3.63) is 76.6 Å². The molecule has 2 heterocycles. The molecule has 0 saturated carbocycles. The number of benzene rings is 1. The molecule has 0 fully saturated rings. The third-order valence-electron chi connectivity index (χ3n) is 4.59. The van der Waals surface area contributed by atoms with Crippen LogP contribution in [-0.4, -0.2) is 32.9 Å². The number of carbonyl (C=O) groups is 2. The Balaban J connectivity index is 1.80. The summed E-state index contributed by atoms with van der Waals surface area (Å²) in [6.45, 7) is 7.62. The van der Waals surface area contributed by atoms with Gasteiger partial charge < -0.3 is 9.30 Å². The van der Waals surface area contributed by atoms with E-state index in [-0.39, 0.29) is 18.1 Å². The monoisotopic (exact) mass is 363 g/mol. The molecule has 0 amide bonds. The largest absolute Gasteiger partial charge is 0.453 e. The number of ketones is 1. The molecular formula is C21H21N3O3. The maximum Gasteiger partial charge on any atom is 0.358 e. The molecule has 0 saturated heterocycles. The standard InChI is InChI=1S/C21H21N3O3/c1-13-5-6-17(9-14(13)2)24-15(3)10-18(16(24)4)20(25)12-27-21(26)19-11-22-7-8-23-19/h5-11H,12H2,1-4H3. The molecule has 2 aromatic heterocycles. The number of Topliss-reactive ketones (excluding diaryl/α,β-unsaturated/α-hetero) is 1. The molecule has 0 bridgehead atoms. The summed E-state index contributed by atoms with van der Waals surface area (Å²) in [7, 11) is 0. The van der Waals surface area contributed by atoms with Crippen molar-refractivity contribution in [2.75, 3.05) is 6.61 Å². The van der Waals surface area contributed by atoms with Crippen LogP contribution in [0.25, 0.3) is 5.69 Å². The molecule has 0 aliphatic heterocycles. The molecule has 1 aromatic carbocycles. The Labute approximate surface area is 157 Å². The topological polar surface area (TPSA) is 74.1 Å². The predicted molar refractivity (Wildman–Crippen MR) is 101 cm³/mol. The number of aromatic nitrogens is 3. The Morgan fingerprint density at radius 2 is 1.81 bits per heavy atom. The number of hydrogen-bond donors (Lipinski definition) is 0. The second kappa shape index (κ2) is 7.53. The number of aryl methyl sites for hydroxylation is 3. The minimum absolute atomic E-state index is 0.0749. The molecule has 0 radical (unpaired) electrons. The maximum atomic E-state index is 12.6. The van der Waals surface area contributed by atoms with Crippen LogP contribution in [0.15, 0.2) is 42.9 Å². The molecule has 6 heteroatoms. The van der Waals surface area contributed by atoms with Crippen molar-refractivity contribution in [2.45, 2.75) is 27.7 Å². The van der Waals surface area contributed by atoms with Gasteiger partial charge in [-0.25, -0.2) is 9.78 Å². The smallest absolute Gasteiger partial charge is 0.358 e. The van der Waals surface area contributed by atoms with E-state index in [9.17, 15) is 9.59 Å². The fourth-order valence-corrected chi connectivity index (χ4v) is 2.99. The van der Waals surface area contributed by atoms with Crippen molar-refractivity contribution in [1.29, 1.82) is 0 Å². The van der Waals surface area contributed by atoms with Gasteiger partial charge in [0.15, 0.2) is 12.3 Å². The Morgan fingerprint density at radius 1 is 1.04 bits per heavy atom. The van der Waals surface area contributed by atoms with Crippen LogP contribution < -0.4 is 0 Å². The van der Waals surface area contributed by atoms with Gasteiger partial charge in [-0.2, -0.15) is 0 Å². The number of rotatable bonds is 5. The Hall–Kier alpha value is -3.28. The summed E-state index contributed by atoms with van der Waals surface area (Å²) < 4.78 is 7.12. The fourth-order valence-electron chi connectivity index (χ4n) is 2.99. The van der Waals surface area contributed by atoms with Crippen LogP contribution in [0.3, 0.4) is 0 Å². The van der Waals surface area contributed by atoms with E-state index in [1.165, 1.54) is 29.7 Å². The van der Waals surface area contributed by atoms with Gasteiger partial charge >= 0.3 is 5.97 Å². The van der Waals surface area contributed by atoms with Gasteiger partial charge in [0.05, 0.1) is 6.20 Å². The number of ether oxygens (including phenoxy) is 1. The highest BCUT2D eigenvalue weighted by Gasteiger charge is 2.19. The van der Waals surface area contributed by atoms with Crippen LogP contribution in [0.1, 0.15) is 43.4 Å². The molecule has 3 rings (SSSR count). The van der Waals surface area contributed by atoms with Gasteiger partial charge in [-0.15, -0.1) is 0 Å². The van der Waals surface area contributed by atoms with E-state index >= 15 is 0 Å². The Kier molecular flexibility index (Phi) is 5.16. The molecule has 0 unspecified atom stereocenters. The summed E-state index contributed by atoms with van der Waals surface area (Å²) in [5.74, 6) is -0.921. The van der Waals surface area contributed by atoms with Crippen molar-refractivity contribution >= 4 is 11.8 Å². The van der Waals surface area contributed by atoms with E-state index in [0.717, 1.165) is 17.1 Å². The van der Waals surface area contributed by atoms with Crippen LogP contribution in [0, 0.1) is 27.7 Å². The highest BCUT2D eigenvalue weighted by atomic mass is 16.5. The van der Waals surface area contributed by atoms with Crippen molar-refractivity contribution in [3.63, 3.8) is 0 Å². The normalized spacial score (nSPS) is 10.7. The zero-order valence-electron chi connectivity index (χ0n) is 15.8. The van der Waals surface area contributed by atoms with Crippen LogP contribution >= 0.6 is 0 Å². The number of nitrogens with zero attached hydrogens (tertiary/aromatic N) is 3. The molecule has 0 atom stereocenters. The summed E-state index contributed by atoms with van der Waals surface area (Å²) in [5, 5.41) is 0. The van der Waals surface area contributed by atoms with Gasteiger partial charge in [-0.3, -0.25) is 9.78 Å². The lowest BCUT2D eigenvalue weighted by atomic mass is 10.1. The van der Waals surface area contributed by atoms with Gasteiger partial charge in [0.25, 0.3) is 0 Å². The van der Waals surface area contributed by atoms with Crippen molar-refractivity contribution < 1.29 is 14.3 Å². The third kappa shape index (κ3) is 3.79. The zero-order valence-corrected chi connectivity index (χ0v) is 15.8. The van der Waals surface area contributed by atoms with Gasteiger partial charge in [-0.1, -0.05) is 6.07 Å². The van der Waals surface area contributed by atoms with Crippen LogP contribution in [-0.2, 0) is 4.74 Å². The molecule has 0 spiro atoms. The molecule has 3 aromatic rings. The quantitative estimate of drug-likeness (QED) is 0.512. The first-order valence-corrected chi connectivity index (χ1v) is 8.61. The first-order valence-electron chi connectivity index (χ1n) is 8.61. The highest BCUT2D eigenvalue weighted by molar-refractivity contribution is 6.00. The summed E-state index contributed by atoms with van der Waals surface area (Å²) in [5.41, 5.74) is 5.78. The van der Waals surface area contributed by atoms with E-state index < -0.39 is 5.97 Å². The van der Waals surface area contributed by atoms with E-state index in [0.29, 0.717) is 5.56 Å². The van der Waals surface area contributed by atoms with Gasteiger partial charge in [0, 0.05) is 35.0 Å². The first kappa shape index (κ1) is 18.5. The molecule has 138 valence electrons.